The van der Waals surface area contributed by atoms with Crippen LogP contribution in [0.25, 0.3) is 0 Å². The SMILES string of the molecule is CCC(C)CCN(C(=O)CNC(=O)Nc1cccc(CC(=O)OC)c1)c1ccccc1OCC(=O)N(C)c1cc(C)cc(C)c1. The molecule has 0 saturated heterocycles. The molecule has 0 aliphatic rings. The molecule has 1 unspecified atom stereocenters. The van der Waals surface area contributed by atoms with E-state index in [1.807, 2.05) is 32.0 Å². The van der Waals surface area contributed by atoms with Crippen molar-refractivity contribution in [2.45, 2.75) is 47.0 Å². The molecule has 10 heteroatoms. The van der Waals surface area contributed by atoms with Gasteiger partial charge in [0, 0.05) is 25.0 Å². The third-order valence-electron chi connectivity index (χ3n) is 7.48. The number of hydrogen-bond acceptors (Lipinski definition) is 6. The highest BCUT2D eigenvalue weighted by molar-refractivity contribution is 5.99. The van der Waals surface area contributed by atoms with Crippen molar-refractivity contribution >= 4 is 40.9 Å². The number of likely N-dealkylation sites (N-methyl/N-ethyl adjacent to an activating group) is 1. The zero-order chi connectivity index (χ0) is 32.9. The van der Waals surface area contributed by atoms with Crippen LogP contribution in [0.1, 0.15) is 43.4 Å². The maximum atomic E-state index is 13.6. The van der Waals surface area contributed by atoms with Crippen molar-refractivity contribution in [2.24, 2.45) is 5.92 Å². The Bertz CT molecular complexity index is 1470. The number of ether oxygens (including phenoxy) is 2. The van der Waals surface area contributed by atoms with Crippen LogP contribution in [0.4, 0.5) is 21.9 Å². The van der Waals surface area contributed by atoms with Crippen molar-refractivity contribution < 1.29 is 28.7 Å². The Labute approximate surface area is 265 Å². The predicted octanol–water partition coefficient (Wildman–Crippen LogP) is 5.65. The van der Waals surface area contributed by atoms with Crippen molar-refractivity contribution in [3.63, 3.8) is 0 Å². The summed E-state index contributed by atoms with van der Waals surface area (Å²) in [6.07, 6.45) is 1.77. The lowest BCUT2D eigenvalue weighted by Gasteiger charge is -2.27. The quantitative estimate of drug-likeness (QED) is 0.226. The largest absolute Gasteiger partial charge is 0.482 e. The Kier molecular flexibility index (Phi) is 13.0. The summed E-state index contributed by atoms with van der Waals surface area (Å²) in [6.45, 7) is 8.10. The maximum Gasteiger partial charge on any atom is 0.319 e. The van der Waals surface area contributed by atoms with Crippen molar-refractivity contribution in [1.82, 2.24) is 5.32 Å². The third kappa shape index (κ3) is 10.7. The second-order valence-electron chi connectivity index (χ2n) is 11.2. The van der Waals surface area contributed by atoms with Gasteiger partial charge in [-0.15, -0.1) is 0 Å². The molecular weight excluding hydrogens is 572 g/mol. The summed E-state index contributed by atoms with van der Waals surface area (Å²) in [4.78, 5) is 54.1. The van der Waals surface area contributed by atoms with Crippen LogP contribution in [0.3, 0.4) is 0 Å². The van der Waals surface area contributed by atoms with Gasteiger partial charge in [-0.2, -0.15) is 0 Å². The van der Waals surface area contributed by atoms with Gasteiger partial charge in [0.05, 0.1) is 25.8 Å². The van der Waals surface area contributed by atoms with E-state index in [9.17, 15) is 19.2 Å². The molecule has 0 bridgehead atoms. The average Bonchev–Trinajstić information content (AvgIpc) is 3.02. The normalized spacial score (nSPS) is 11.2. The molecule has 3 rings (SSSR count). The molecule has 45 heavy (non-hydrogen) atoms. The Hall–Kier alpha value is -4.86. The summed E-state index contributed by atoms with van der Waals surface area (Å²) in [5.74, 6) is -0.190. The molecule has 10 nitrogen and oxygen atoms in total. The molecule has 3 aromatic carbocycles. The number of urea groups is 1. The number of benzene rings is 3. The van der Waals surface area contributed by atoms with Gasteiger partial charge in [-0.05, 0) is 79.3 Å². The Balaban J connectivity index is 1.70. The maximum absolute atomic E-state index is 13.6. The first-order valence-corrected chi connectivity index (χ1v) is 15.1. The van der Waals surface area contributed by atoms with Crippen molar-refractivity contribution in [3.8, 4) is 5.75 Å². The molecule has 0 aliphatic carbocycles. The summed E-state index contributed by atoms with van der Waals surface area (Å²) in [6, 6.07) is 19.3. The first kappa shape index (κ1) is 34.6. The van der Waals surface area contributed by atoms with Crippen molar-refractivity contribution in [2.75, 3.05) is 49.0 Å². The van der Waals surface area contributed by atoms with E-state index < -0.39 is 6.03 Å². The van der Waals surface area contributed by atoms with Crippen LogP contribution in [0.5, 0.6) is 5.75 Å². The van der Waals surface area contributed by atoms with E-state index in [-0.39, 0.29) is 37.4 Å². The molecule has 240 valence electrons. The number of rotatable bonds is 14. The number of hydrogen-bond donors (Lipinski definition) is 2. The molecule has 1 atom stereocenters. The fraction of sp³-hybridized carbons (Fsp3) is 0.371. The zero-order valence-corrected chi connectivity index (χ0v) is 27.0. The zero-order valence-electron chi connectivity index (χ0n) is 27.0. The number of carbonyl (C=O) groups is 4. The van der Waals surface area contributed by atoms with Gasteiger partial charge in [0.2, 0.25) is 5.91 Å². The lowest BCUT2D eigenvalue weighted by Crippen LogP contribution is -2.42. The highest BCUT2D eigenvalue weighted by Crippen LogP contribution is 2.29. The molecule has 2 N–H and O–H groups in total. The number of para-hydroxylation sites is 2. The molecule has 3 aromatic rings. The van der Waals surface area contributed by atoms with Crippen LogP contribution in [-0.4, -0.2) is 57.7 Å². The number of nitrogens with zero attached hydrogens (tertiary/aromatic N) is 2. The minimum absolute atomic E-state index is 0.0756. The fourth-order valence-corrected chi connectivity index (χ4v) is 4.68. The monoisotopic (exact) mass is 616 g/mol. The average molecular weight is 617 g/mol. The van der Waals surface area contributed by atoms with Crippen LogP contribution in [-0.2, 0) is 25.5 Å². The van der Waals surface area contributed by atoms with Gasteiger partial charge in [0.25, 0.3) is 5.91 Å². The van der Waals surface area contributed by atoms with Crippen molar-refractivity contribution in [1.29, 1.82) is 0 Å². The fourth-order valence-electron chi connectivity index (χ4n) is 4.68. The first-order valence-electron chi connectivity index (χ1n) is 15.1. The van der Waals surface area contributed by atoms with Crippen LogP contribution >= 0.6 is 0 Å². The van der Waals surface area contributed by atoms with E-state index in [1.165, 1.54) is 7.11 Å². The number of anilines is 3. The minimum Gasteiger partial charge on any atom is -0.482 e. The number of amides is 4. The number of aryl methyl sites for hydroxylation is 2. The summed E-state index contributed by atoms with van der Waals surface area (Å²) >= 11 is 0. The molecule has 4 amide bonds. The molecule has 0 heterocycles. The molecular formula is C35H44N4O6. The van der Waals surface area contributed by atoms with E-state index in [4.69, 9.17) is 9.47 Å². The van der Waals surface area contributed by atoms with Crippen LogP contribution in [0, 0.1) is 19.8 Å². The van der Waals surface area contributed by atoms with Crippen molar-refractivity contribution in [3.05, 3.63) is 83.4 Å². The van der Waals surface area contributed by atoms with Crippen LogP contribution < -0.4 is 25.2 Å². The van der Waals surface area contributed by atoms with Gasteiger partial charge >= 0.3 is 12.0 Å². The smallest absolute Gasteiger partial charge is 0.319 e. The molecule has 0 radical (unpaired) electrons. The number of carbonyl (C=O) groups excluding carboxylic acids is 4. The lowest BCUT2D eigenvalue weighted by atomic mass is 10.0. The molecule has 0 fully saturated rings. The highest BCUT2D eigenvalue weighted by atomic mass is 16.5. The van der Waals surface area contributed by atoms with Gasteiger partial charge in [-0.1, -0.05) is 50.6 Å². The number of nitrogens with one attached hydrogen (secondary N) is 2. The summed E-state index contributed by atoms with van der Waals surface area (Å²) in [7, 11) is 3.02. The molecule has 0 aromatic heterocycles. The van der Waals surface area contributed by atoms with E-state index in [1.54, 1.807) is 65.4 Å². The second-order valence-corrected chi connectivity index (χ2v) is 11.2. The van der Waals surface area contributed by atoms with E-state index in [2.05, 4.69) is 24.5 Å². The van der Waals surface area contributed by atoms with E-state index >= 15 is 0 Å². The highest BCUT2D eigenvalue weighted by Gasteiger charge is 2.22. The Morgan fingerprint density at radius 2 is 1.62 bits per heavy atom. The molecule has 0 aliphatic heterocycles. The molecule has 0 spiro atoms. The summed E-state index contributed by atoms with van der Waals surface area (Å²) in [5, 5.41) is 5.33. The third-order valence-corrected chi connectivity index (χ3v) is 7.48. The predicted molar refractivity (Wildman–Crippen MR) is 177 cm³/mol. The van der Waals surface area contributed by atoms with E-state index in [0.717, 1.165) is 29.7 Å². The minimum atomic E-state index is -0.565. The Morgan fingerprint density at radius 3 is 2.31 bits per heavy atom. The topological polar surface area (TPSA) is 117 Å². The van der Waals surface area contributed by atoms with Gasteiger partial charge in [-0.3, -0.25) is 14.4 Å². The first-order chi connectivity index (χ1) is 21.5. The summed E-state index contributed by atoms with van der Waals surface area (Å²) < 4.78 is 10.7. The number of esters is 1. The van der Waals surface area contributed by atoms with Gasteiger partial charge in [0.1, 0.15) is 5.75 Å². The molecule has 0 saturated carbocycles. The van der Waals surface area contributed by atoms with Crippen LogP contribution in [0.15, 0.2) is 66.7 Å². The summed E-state index contributed by atoms with van der Waals surface area (Å²) in [5.41, 5.74) is 4.57. The lowest BCUT2D eigenvalue weighted by molar-refractivity contribution is -0.139. The Morgan fingerprint density at radius 1 is 0.911 bits per heavy atom. The standard InChI is InChI=1S/C35H44N4O6/c1-7-24(2)15-16-39(32(40)22-36-35(43)37-28-12-10-11-27(20-28)21-34(42)44-6)30-13-8-9-14-31(30)45-23-33(41)38(5)29-18-25(3)17-26(4)19-29/h8-14,17-20,24H,7,15-16,21-23H2,1-6H3,(H2,36,37,43). The van der Waals surface area contributed by atoms with Gasteiger partial charge in [0.15, 0.2) is 6.61 Å². The van der Waals surface area contributed by atoms with Gasteiger partial charge in [-0.25, -0.2) is 4.79 Å². The number of methoxy groups -OCH3 is 1. The second kappa shape index (κ2) is 16.8. The van der Waals surface area contributed by atoms with Gasteiger partial charge < -0.3 is 29.9 Å². The van der Waals surface area contributed by atoms with Crippen LogP contribution in [0.2, 0.25) is 0 Å². The van der Waals surface area contributed by atoms with E-state index in [0.29, 0.717) is 35.2 Å².